The van der Waals surface area contributed by atoms with E-state index in [1.165, 1.54) is 0 Å². The van der Waals surface area contributed by atoms with Crippen LogP contribution in [0.15, 0.2) is 97.1 Å². The summed E-state index contributed by atoms with van der Waals surface area (Å²) >= 11 is 0. The van der Waals surface area contributed by atoms with E-state index in [2.05, 4.69) is 0 Å². The quantitative estimate of drug-likeness (QED) is 0.368. The molecule has 0 aliphatic heterocycles. The van der Waals surface area contributed by atoms with Gasteiger partial charge < -0.3 is 0 Å². The zero-order chi connectivity index (χ0) is 21.1. The van der Waals surface area contributed by atoms with Crippen LogP contribution in [-0.2, 0) is 0 Å². The summed E-state index contributed by atoms with van der Waals surface area (Å²) in [4.78, 5) is 25.5. The number of carbonyl (C=O) groups is 2. The number of rotatable bonds is 5. The van der Waals surface area contributed by atoms with E-state index in [9.17, 15) is 9.59 Å². The first kappa shape index (κ1) is 19.5. The van der Waals surface area contributed by atoms with Crippen molar-refractivity contribution in [1.29, 1.82) is 0 Å². The van der Waals surface area contributed by atoms with Crippen molar-refractivity contribution in [3.63, 3.8) is 0 Å². The van der Waals surface area contributed by atoms with Crippen molar-refractivity contribution in [2.45, 2.75) is 13.8 Å². The maximum Gasteiger partial charge on any atom is 0.193 e. The van der Waals surface area contributed by atoms with Crippen molar-refractivity contribution in [1.82, 2.24) is 0 Å². The third-order valence-electron chi connectivity index (χ3n) is 5.56. The van der Waals surface area contributed by atoms with Crippen LogP contribution in [0, 0.1) is 13.8 Å². The molecule has 4 aromatic rings. The maximum atomic E-state index is 12.9. The Bertz CT molecular complexity index is 1200. The topological polar surface area (TPSA) is 34.1 Å². The van der Waals surface area contributed by atoms with Gasteiger partial charge in [0.25, 0.3) is 0 Å². The highest BCUT2D eigenvalue weighted by molar-refractivity contribution is 6.10. The molecule has 0 amide bonds. The third-order valence-corrected chi connectivity index (χ3v) is 5.56. The molecular weight excluding hydrogens is 368 g/mol. The number of ketones is 2. The van der Waals surface area contributed by atoms with Crippen LogP contribution in [0.1, 0.15) is 43.0 Å². The Morgan fingerprint density at radius 1 is 0.500 bits per heavy atom. The minimum absolute atomic E-state index is 0.0128. The van der Waals surface area contributed by atoms with Crippen LogP contribution in [0.3, 0.4) is 0 Å². The number of carbonyl (C=O) groups excluding carboxylic acids is 2. The molecule has 2 nitrogen and oxygen atoms in total. The standard InChI is InChI=1S/C28H22O2/c1-19-20(2)26(28(30)23-11-7-4-8-12-23)18-17-25(19)21-13-15-24(16-14-21)27(29)22-9-5-3-6-10-22/h3-18H,1-2H3. The average Bonchev–Trinajstić information content (AvgIpc) is 2.81. The molecule has 0 bridgehead atoms. The van der Waals surface area contributed by atoms with Gasteiger partial charge in [-0.2, -0.15) is 0 Å². The Kier molecular flexibility index (Phi) is 5.40. The molecule has 30 heavy (non-hydrogen) atoms. The van der Waals surface area contributed by atoms with Gasteiger partial charge in [0.15, 0.2) is 11.6 Å². The molecule has 0 aliphatic rings. The molecule has 4 aromatic carbocycles. The van der Waals surface area contributed by atoms with Crippen molar-refractivity contribution in [3.05, 3.63) is 130 Å². The van der Waals surface area contributed by atoms with Gasteiger partial charge in [0.05, 0.1) is 0 Å². The SMILES string of the molecule is Cc1c(C(=O)c2ccccc2)ccc(-c2ccc(C(=O)c3ccccc3)cc2)c1C. The third kappa shape index (κ3) is 3.72. The normalized spacial score (nSPS) is 10.6. The first-order chi connectivity index (χ1) is 14.6. The second-order valence-electron chi connectivity index (χ2n) is 7.38. The molecule has 146 valence electrons. The Labute approximate surface area is 176 Å². The zero-order valence-electron chi connectivity index (χ0n) is 17.1. The molecule has 0 saturated heterocycles. The van der Waals surface area contributed by atoms with Gasteiger partial charge in [0, 0.05) is 22.3 Å². The van der Waals surface area contributed by atoms with Crippen LogP contribution >= 0.6 is 0 Å². The van der Waals surface area contributed by atoms with Crippen LogP contribution in [-0.4, -0.2) is 11.6 Å². The van der Waals surface area contributed by atoms with Gasteiger partial charge >= 0.3 is 0 Å². The smallest absolute Gasteiger partial charge is 0.193 e. The summed E-state index contributed by atoms with van der Waals surface area (Å²) in [6.45, 7) is 4.03. The first-order valence-electron chi connectivity index (χ1n) is 9.96. The van der Waals surface area contributed by atoms with E-state index >= 15 is 0 Å². The minimum Gasteiger partial charge on any atom is -0.289 e. The predicted molar refractivity (Wildman–Crippen MR) is 121 cm³/mol. The highest BCUT2D eigenvalue weighted by atomic mass is 16.1. The lowest BCUT2D eigenvalue weighted by atomic mass is 9.90. The molecule has 0 saturated carbocycles. The Morgan fingerprint density at radius 2 is 1.00 bits per heavy atom. The van der Waals surface area contributed by atoms with Crippen LogP contribution < -0.4 is 0 Å². The van der Waals surface area contributed by atoms with Crippen LogP contribution in [0.2, 0.25) is 0 Å². The molecule has 4 rings (SSSR count). The van der Waals surface area contributed by atoms with Gasteiger partial charge in [-0.25, -0.2) is 0 Å². The predicted octanol–water partition coefficient (Wildman–Crippen LogP) is 6.43. The number of hydrogen-bond donors (Lipinski definition) is 0. The van der Waals surface area contributed by atoms with E-state index in [-0.39, 0.29) is 11.6 Å². The summed E-state index contributed by atoms with van der Waals surface area (Å²) < 4.78 is 0. The first-order valence-corrected chi connectivity index (χ1v) is 9.96. The highest BCUT2D eigenvalue weighted by Crippen LogP contribution is 2.29. The van der Waals surface area contributed by atoms with Crippen molar-refractivity contribution in [3.8, 4) is 11.1 Å². The van der Waals surface area contributed by atoms with Crippen molar-refractivity contribution in [2.75, 3.05) is 0 Å². The van der Waals surface area contributed by atoms with E-state index in [0.717, 1.165) is 27.8 Å². The summed E-state index contributed by atoms with van der Waals surface area (Å²) in [5.74, 6) is 0.0467. The van der Waals surface area contributed by atoms with Gasteiger partial charge in [-0.05, 0) is 36.1 Å². The molecule has 0 heterocycles. The van der Waals surface area contributed by atoms with E-state index in [0.29, 0.717) is 16.7 Å². The van der Waals surface area contributed by atoms with Crippen LogP contribution in [0.25, 0.3) is 11.1 Å². The van der Waals surface area contributed by atoms with E-state index in [1.807, 2.05) is 111 Å². The molecule has 0 aromatic heterocycles. The Morgan fingerprint density at radius 3 is 1.57 bits per heavy atom. The van der Waals surface area contributed by atoms with E-state index in [4.69, 9.17) is 0 Å². The summed E-state index contributed by atoms with van der Waals surface area (Å²) in [7, 11) is 0. The maximum absolute atomic E-state index is 12.9. The van der Waals surface area contributed by atoms with Gasteiger partial charge in [-0.1, -0.05) is 97.1 Å². The fourth-order valence-electron chi connectivity index (χ4n) is 3.68. The fourth-order valence-corrected chi connectivity index (χ4v) is 3.68. The molecule has 0 aliphatic carbocycles. The molecular formula is C28H22O2. The van der Waals surface area contributed by atoms with Crippen LogP contribution in [0.5, 0.6) is 0 Å². The van der Waals surface area contributed by atoms with Crippen molar-refractivity contribution in [2.24, 2.45) is 0 Å². The lowest BCUT2D eigenvalue weighted by molar-refractivity contribution is 0.103. The zero-order valence-corrected chi connectivity index (χ0v) is 17.1. The summed E-state index contributed by atoms with van der Waals surface area (Å²) in [6.07, 6.45) is 0. The monoisotopic (exact) mass is 390 g/mol. The molecule has 2 heteroatoms. The van der Waals surface area contributed by atoms with Gasteiger partial charge in [-0.3, -0.25) is 9.59 Å². The van der Waals surface area contributed by atoms with Gasteiger partial charge in [0.1, 0.15) is 0 Å². The van der Waals surface area contributed by atoms with Gasteiger partial charge in [-0.15, -0.1) is 0 Å². The Hall–Kier alpha value is -3.78. The van der Waals surface area contributed by atoms with E-state index in [1.54, 1.807) is 0 Å². The largest absolute Gasteiger partial charge is 0.289 e. The number of hydrogen-bond acceptors (Lipinski definition) is 2. The second-order valence-corrected chi connectivity index (χ2v) is 7.38. The lowest BCUT2D eigenvalue weighted by Crippen LogP contribution is -2.05. The van der Waals surface area contributed by atoms with Crippen LogP contribution in [0.4, 0.5) is 0 Å². The minimum atomic E-state index is 0.0128. The van der Waals surface area contributed by atoms with Crippen molar-refractivity contribution < 1.29 is 9.59 Å². The molecule has 0 spiro atoms. The lowest BCUT2D eigenvalue weighted by Gasteiger charge is -2.14. The molecule has 0 N–H and O–H groups in total. The molecule has 0 radical (unpaired) electrons. The molecule has 0 fully saturated rings. The highest BCUT2D eigenvalue weighted by Gasteiger charge is 2.16. The molecule has 0 unspecified atom stereocenters. The number of benzene rings is 4. The fraction of sp³-hybridized carbons (Fsp3) is 0.0714. The summed E-state index contributed by atoms with van der Waals surface area (Å²) in [6, 6.07) is 30.2. The summed E-state index contributed by atoms with van der Waals surface area (Å²) in [5.41, 5.74) is 6.89. The average molecular weight is 390 g/mol. The van der Waals surface area contributed by atoms with Crippen molar-refractivity contribution >= 4 is 11.6 Å². The molecule has 0 atom stereocenters. The van der Waals surface area contributed by atoms with Gasteiger partial charge in [0.2, 0.25) is 0 Å². The Balaban J connectivity index is 1.64. The van der Waals surface area contributed by atoms with E-state index < -0.39 is 0 Å². The second kappa shape index (κ2) is 8.30. The summed E-state index contributed by atoms with van der Waals surface area (Å²) in [5, 5.41) is 0.